The number of rotatable bonds is 7. The fourth-order valence-electron chi connectivity index (χ4n) is 2.97. The first-order valence-electron chi connectivity index (χ1n) is 8.87. The van der Waals surface area contributed by atoms with E-state index in [1.807, 2.05) is 0 Å². The van der Waals surface area contributed by atoms with Crippen molar-refractivity contribution >= 4 is 12.3 Å². The molecular weight excluding hydrogens is 378 g/mol. The average molecular weight is 396 g/mol. The molecule has 29 heavy (non-hydrogen) atoms. The minimum atomic E-state index is -2.30. The van der Waals surface area contributed by atoms with Gasteiger partial charge in [-0.1, -0.05) is 54.6 Å². The van der Waals surface area contributed by atoms with Crippen molar-refractivity contribution in [1.29, 1.82) is 0 Å². The first-order valence-corrected chi connectivity index (χ1v) is 8.87. The quantitative estimate of drug-likeness (QED) is 0.488. The minimum absolute atomic E-state index is 0.0536. The highest BCUT2D eigenvalue weighted by molar-refractivity contribution is 5.85. The maximum Gasteiger partial charge on any atom is 0.347 e. The molecule has 6 heteroatoms. The highest BCUT2D eigenvalue weighted by Crippen LogP contribution is 2.32. The molecule has 0 heterocycles. The van der Waals surface area contributed by atoms with Gasteiger partial charge in [-0.15, -0.1) is 0 Å². The lowest BCUT2D eigenvalue weighted by Gasteiger charge is -2.27. The van der Waals surface area contributed by atoms with E-state index in [2.05, 4.69) is 0 Å². The van der Waals surface area contributed by atoms with Gasteiger partial charge in [0.25, 0.3) is 0 Å². The molecule has 148 valence electrons. The van der Waals surface area contributed by atoms with Crippen LogP contribution in [0.5, 0.6) is 0 Å². The Kier molecular flexibility index (Phi) is 6.14. The number of aldehydes is 1. The molecule has 1 unspecified atom stereocenters. The van der Waals surface area contributed by atoms with Gasteiger partial charge in [-0.25, -0.2) is 13.6 Å². The highest BCUT2D eigenvalue weighted by atomic mass is 19.1. The van der Waals surface area contributed by atoms with Gasteiger partial charge >= 0.3 is 5.97 Å². The number of aliphatic hydroxyl groups is 1. The number of hydrogen-bond donors (Lipinski definition) is 1. The lowest BCUT2D eigenvalue weighted by atomic mass is 9.86. The van der Waals surface area contributed by atoms with Crippen LogP contribution in [0.3, 0.4) is 0 Å². The summed E-state index contributed by atoms with van der Waals surface area (Å²) in [6, 6.07) is 18.1. The Bertz CT molecular complexity index is 925. The molecule has 0 aliphatic rings. The van der Waals surface area contributed by atoms with Gasteiger partial charge in [0, 0.05) is 0 Å². The van der Waals surface area contributed by atoms with Crippen LogP contribution in [0, 0.1) is 11.6 Å². The Balaban J connectivity index is 1.91. The fraction of sp³-hybridized carbons (Fsp3) is 0.130. The summed E-state index contributed by atoms with van der Waals surface area (Å²) in [6.45, 7) is -0.295. The number of halogens is 2. The van der Waals surface area contributed by atoms with Crippen LogP contribution in [0.2, 0.25) is 0 Å². The molecule has 4 nitrogen and oxygen atoms in total. The van der Waals surface area contributed by atoms with Crippen LogP contribution in [0.15, 0.2) is 78.9 Å². The van der Waals surface area contributed by atoms with Gasteiger partial charge in [0.1, 0.15) is 24.5 Å². The van der Waals surface area contributed by atoms with Crippen LogP contribution in [-0.2, 0) is 19.9 Å². The third kappa shape index (κ3) is 4.38. The van der Waals surface area contributed by atoms with Crippen molar-refractivity contribution in [2.75, 3.05) is 6.61 Å². The molecule has 0 amide bonds. The predicted molar refractivity (Wildman–Crippen MR) is 102 cm³/mol. The summed E-state index contributed by atoms with van der Waals surface area (Å²) in [5.74, 6) is -2.87. The minimum Gasteiger partial charge on any atom is -0.462 e. The van der Waals surface area contributed by atoms with Crippen LogP contribution in [0.4, 0.5) is 8.78 Å². The molecule has 0 radical (unpaired) electrons. The Morgan fingerprint density at radius 3 is 1.83 bits per heavy atom. The van der Waals surface area contributed by atoms with E-state index < -0.39 is 29.1 Å². The Labute approximate surface area is 166 Å². The molecule has 0 bridgehead atoms. The monoisotopic (exact) mass is 396 g/mol. The SMILES string of the molecule is O=CC(COC(=O)C(O)(c1ccc(F)cc1)c1ccc(F)cc1)c1ccccc1. The third-order valence-corrected chi connectivity index (χ3v) is 4.61. The van der Waals surface area contributed by atoms with Crippen molar-refractivity contribution < 1.29 is 28.2 Å². The topological polar surface area (TPSA) is 63.6 Å². The molecule has 0 aliphatic carbocycles. The van der Waals surface area contributed by atoms with Crippen molar-refractivity contribution in [3.05, 3.63) is 107 Å². The zero-order valence-electron chi connectivity index (χ0n) is 15.3. The Hall–Kier alpha value is -3.38. The molecule has 0 saturated carbocycles. The van der Waals surface area contributed by atoms with Gasteiger partial charge in [0.15, 0.2) is 0 Å². The molecule has 3 aromatic rings. The number of hydrogen-bond acceptors (Lipinski definition) is 4. The fourth-order valence-corrected chi connectivity index (χ4v) is 2.97. The van der Waals surface area contributed by atoms with E-state index >= 15 is 0 Å². The number of ether oxygens (including phenoxy) is 1. The lowest BCUT2D eigenvalue weighted by molar-refractivity contribution is -0.162. The summed E-state index contributed by atoms with van der Waals surface area (Å²) < 4.78 is 31.9. The van der Waals surface area contributed by atoms with Crippen LogP contribution in [-0.4, -0.2) is 24.0 Å². The molecule has 0 spiro atoms. The van der Waals surface area contributed by atoms with Gasteiger partial charge in [-0.2, -0.15) is 0 Å². The van der Waals surface area contributed by atoms with Crippen molar-refractivity contribution in [1.82, 2.24) is 0 Å². The molecule has 0 aromatic heterocycles. The van der Waals surface area contributed by atoms with Crippen molar-refractivity contribution in [3.63, 3.8) is 0 Å². The zero-order valence-corrected chi connectivity index (χ0v) is 15.3. The summed E-state index contributed by atoms with van der Waals surface area (Å²) in [6.07, 6.45) is 0.650. The van der Waals surface area contributed by atoms with E-state index in [0.717, 1.165) is 24.3 Å². The normalized spacial score (nSPS) is 12.2. The van der Waals surface area contributed by atoms with Crippen LogP contribution < -0.4 is 0 Å². The first kappa shape index (κ1) is 20.4. The molecule has 1 atom stereocenters. The third-order valence-electron chi connectivity index (χ3n) is 4.61. The Morgan fingerprint density at radius 1 is 0.897 bits per heavy atom. The zero-order chi connectivity index (χ0) is 20.9. The highest BCUT2D eigenvalue weighted by Gasteiger charge is 2.42. The van der Waals surface area contributed by atoms with Crippen molar-refractivity contribution in [2.24, 2.45) is 0 Å². The van der Waals surface area contributed by atoms with Crippen LogP contribution in [0.1, 0.15) is 22.6 Å². The molecule has 3 aromatic carbocycles. The number of carbonyl (C=O) groups excluding carboxylic acids is 2. The van der Waals surface area contributed by atoms with Gasteiger partial charge < -0.3 is 14.6 Å². The molecule has 0 aliphatic heterocycles. The maximum absolute atomic E-state index is 13.3. The summed E-state index contributed by atoms with van der Waals surface area (Å²) in [7, 11) is 0. The predicted octanol–water partition coefficient (Wildman–Crippen LogP) is 3.73. The summed E-state index contributed by atoms with van der Waals surface area (Å²) >= 11 is 0. The largest absolute Gasteiger partial charge is 0.462 e. The maximum atomic E-state index is 13.3. The van der Waals surface area contributed by atoms with E-state index in [0.29, 0.717) is 11.8 Å². The molecule has 0 fully saturated rings. The van der Waals surface area contributed by atoms with E-state index in [4.69, 9.17) is 4.74 Å². The average Bonchev–Trinajstić information content (AvgIpc) is 2.75. The van der Waals surface area contributed by atoms with Gasteiger partial charge in [-0.3, -0.25) is 0 Å². The van der Waals surface area contributed by atoms with E-state index in [9.17, 15) is 23.5 Å². The van der Waals surface area contributed by atoms with Crippen molar-refractivity contribution in [2.45, 2.75) is 11.5 Å². The molecule has 1 N–H and O–H groups in total. The van der Waals surface area contributed by atoms with Gasteiger partial charge in [0.05, 0.1) is 5.92 Å². The van der Waals surface area contributed by atoms with E-state index in [-0.39, 0.29) is 17.7 Å². The second-order valence-corrected chi connectivity index (χ2v) is 6.48. The summed E-state index contributed by atoms with van der Waals surface area (Å²) in [5, 5.41) is 11.3. The van der Waals surface area contributed by atoms with Crippen molar-refractivity contribution in [3.8, 4) is 0 Å². The Morgan fingerprint density at radius 2 is 1.38 bits per heavy atom. The molecule has 3 rings (SSSR count). The van der Waals surface area contributed by atoms with E-state index in [1.54, 1.807) is 30.3 Å². The number of benzene rings is 3. The second kappa shape index (κ2) is 8.75. The first-order chi connectivity index (χ1) is 13.9. The van der Waals surface area contributed by atoms with Crippen LogP contribution >= 0.6 is 0 Å². The smallest absolute Gasteiger partial charge is 0.347 e. The van der Waals surface area contributed by atoms with E-state index in [1.165, 1.54) is 24.3 Å². The summed E-state index contributed by atoms with van der Waals surface area (Å²) in [5.41, 5.74) is -1.54. The molecule has 0 saturated heterocycles. The lowest BCUT2D eigenvalue weighted by Crippen LogP contribution is -2.39. The number of carbonyl (C=O) groups is 2. The van der Waals surface area contributed by atoms with Crippen LogP contribution in [0.25, 0.3) is 0 Å². The summed E-state index contributed by atoms with van der Waals surface area (Å²) in [4.78, 5) is 24.4. The second-order valence-electron chi connectivity index (χ2n) is 6.48. The van der Waals surface area contributed by atoms with Gasteiger partial charge in [0.2, 0.25) is 5.60 Å². The standard InChI is InChI=1S/C23H18F2O4/c24-20-10-6-18(7-11-20)23(28,19-8-12-21(25)13-9-19)22(27)29-15-17(14-26)16-4-2-1-3-5-16/h1-14,17,28H,15H2. The molecular formula is C23H18F2O4. The van der Waals surface area contributed by atoms with Gasteiger partial charge in [-0.05, 0) is 41.0 Å². The number of esters is 1.